The summed E-state index contributed by atoms with van der Waals surface area (Å²) in [7, 11) is -2.10. The van der Waals surface area contributed by atoms with Gasteiger partial charge in [0, 0.05) is 45.1 Å². The van der Waals surface area contributed by atoms with Crippen LogP contribution in [0.15, 0.2) is 58.2 Å². The summed E-state index contributed by atoms with van der Waals surface area (Å²) in [6.45, 7) is 1.13. The molecule has 1 aromatic heterocycles. The van der Waals surface area contributed by atoms with Crippen LogP contribution in [0.25, 0.3) is 10.9 Å². The third-order valence-corrected chi connectivity index (χ3v) is 8.56. The number of methoxy groups -OCH3 is 1. The minimum absolute atomic E-state index is 0.0436. The molecule has 1 saturated heterocycles. The predicted octanol–water partition coefficient (Wildman–Crippen LogP) is 2.21. The van der Waals surface area contributed by atoms with Gasteiger partial charge in [-0.25, -0.2) is 13.4 Å². The number of piperazine rings is 1. The summed E-state index contributed by atoms with van der Waals surface area (Å²) in [5.41, 5.74) is 0.604. The van der Waals surface area contributed by atoms with E-state index in [9.17, 15) is 18.0 Å². The molecule has 0 spiro atoms. The number of hydrogen-bond acceptors (Lipinski definition) is 6. The standard InChI is InChI=1S/C25H28N4O5S/c1-34-19-8-10-20(11-9-19)35(32,33)28-16-14-27(15-17-28)24(30)13-12-23-26-22-5-3-2-4-21(22)25(31)29(23)18-6-7-18/h2-5,8-11,18H,6-7,12-17H2,1H3. The van der Waals surface area contributed by atoms with Crippen molar-refractivity contribution in [2.24, 2.45) is 0 Å². The van der Waals surface area contributed by atoms with Gasteiger partial charge in [-0.1, -0.05) is 12.1 Å². The van der Waals surface area contributed by atoms with Crippen LogP contribution in [0.5, 0.6) is 5.75 Å². The second kappa shape index (κ2) is 9.43. The zero-order valence-corrected chi connectivity index (χ0v) is 20.4. The van der Waals surface area contributed by atoms with Crippen molar-refractivity contribution in [2.45, 2.75) is 36.6 Å². The van der Waals surface area contributed by atoms with Crippen molar-refractivity contribution in [1.82, 2.24) is 18.8 Å². The number of rotatable bonds is 7. The van der Waals surface area contributed by atoms with Crippen LogP contribution in [-0.4, -0.2) is 66.4 Å². The minimum Gasteiger partial charge on any atom is -0.497 e. The van der Waals surface area contributed by atoms with Crippen molar-refractivity contribution < 1.29 is 17.9 Å². The van der Waals surface area contributed by atoms with Gasteiger partial charge < -0.3 is 9.64 Å². The third-order valence-electron chi connectivity index (χ3n) is 6.64. The maximum atomic E-state index is 13.0. The van der Waals surface area contributed by atoms with E-state index in [4.69, 9.17) is 9.72 Å². The van der Waals surface area contributed by atoms with E-state index in [0.717, 1.165) is 12.8 Å². The highest BCUT2D eigenvalue weighted by Gasteiger charge is 2.31. The highest BCUT2D eigenvalue weighted by atomic mass is 32.2. The summed E-state index contributed by atoms with van der Waals surface area (Å²) < 4.78 is 34.2. The van der Waals surface area contributed by atoms with Gasteiger partial charge in [-0.15, -0.1) is 0 Å². The monoisotopic (exact) mass is 496 g/mol. The Morgan fingerprint density at radius 3 is 2.37 bits per heavy atom. The molecule has 1 aliphatic carbocycles. The van der Waals surface area contributed by atoms with E-state index >= 15 is 0 Å². The quantitative estimate of drug-likeness (QED) is 0.497. The fourth-order valence-electron chi connectivity index (χ4n) is 4.53. The number of nitrogens with zero attached hydrogens (tertiary/aromatic N) is 4. The molecule has 5 rings (SSSR count). The Morgan fingerprint density at radius 1 is 1.03 bits per heavy atom. The van der Waals surface area contributed by atoms with Crippen LogP contribution in [-0.2, 0) is 21.2 Å². The number of hydrogen-bond donors (Lipinski definition) is 0. The van der Waals surface area contributed by atoms with E-state index in [1.54, 1.807) is 27.7 Å². The fourth-order valence-corrected chi connectivity index (χ4v) is 5.95. The summed E-state index contributed by atoms with van der Waals surface area (Å²) in [6, 6.07) is 13.8. The molecule has 0 N–H and O–H groups in total. The number of ether oxygens (including phenoxy) is 1. The number of fused-ring (bicyclic) bond motifs is 1. The molecule has 2 aliphatic rings. The molecular weight excluding hydrogens is 468 g/mol. The van der Waals surface area contributed by atoms with Crippen LogP contribution in [0.1, 0.15) is 31.1 Å². The van der Waals surface area contributed by atoms with E-state index in [1.165, 1.54) is 23.5 Å². The first-order chi connectivity index (χ1) is 16.9. The average Bonchev–Trinajstić information content (AvgIpc) is 3.72. The van der Waals surface area contributed by atoms with Crippen LogP contribution >= 0.6 is 0 Å². The van der Waals surface area contributed by atoms with Gasteiger partial charge in [0.1, 0.15) is 11.6 Å². The van der Waals surface area contributed by atoms with E-state index in [-0.39, 0.29) is 41.9 Å². The van der Waals surface area contributed by atoms with Gasteiger partial charge in [-0.3, -0.25) is 14.2 Å². The first kappa shape index (κ1) is 23.5. The molecule has 184 valence electrons. The van der Waals surface area contributed by atoms with Crippen molar-refractivity contribution in [3.05, 3.63) is 64.7 Å². The molecule has 10 heteroatoms. The summed E-state index contributed by atoms with van der Waals surface area (Å²) in [6.07, 6.45) is 2.50. The first-order valence-electron chi connectivity index (χ1n) is 11.8. The number of sulfonamides is 1. The normalized spacial score (nSPS) is 17.0. The Hall–Kier alpha value is -3.24. The van der Waals surface area contributed by atoms with Gasteiger partial charge in [-0.2, -0.15) is 4.31 Å². The van der Waals surface area contributed by atoms with Crippen molar-refractivity contribution in [3.63, 3.8) is 0 Å². The number of benzene rings is 2. The number of aromatic nitrogens is 2. The number of aryl methyl sites for hydroxylation is 1. The number of para-hydroxylation sites is 1. The number of carbonyl (C=O) groups excluding carboxylic acids is 1. The average molecular weight is 497 g/mol. The molecule has 35 heavy (non-hydrogen) atoms. The molecule has 1 saturated carbocycles. The number of carbonyl (C=O) groups is 1. The molecular formula is C25H28N4O5S. The topological polar surface area (TPSA) is 102 Å². The molecule has 3 aromatic rings. The Balaban J connectivity index is 1.23. The van der Waals surface area contributed by atoms with Gasteiger partial charge in [0.15, 0.2) is 0 Å². The lowest BCUT2D eigenvalue weighted by molar-refractivity contribution is -0.132. The second-order valence-electron chi connectivity index (χ2n) is 8.91. The van der Waals surface area contributed by atoms with E-state index in [2.05, 4.69) is 0 Å². The Bertz CT molecular complexity index is 1410. The van der Waals surface area contributed by atoms with E-state index in [0.29, 0.717) is 42.0 Å². The minimum atomic E-state index is -3.63. The molecule has 1 amide bonds. The second-order valence-corrected chi connectivity index (χ2v) is 10.8. The highest BCUT2D eigenvalue weighted by molar-refractivity contribution is 7.89. The van der Waals surface area contributed by atoms with Crippen molar-refractivity contribution in [3.8, 4) is 5.75 Å². The van der Waals surface area contributed by atoms with Crippen molar-refractivity contribution in [2.75, 3.05) is 33.3 Å². The van der Waals surface area contributed by atoms with Crippen LogP contribution in [0.2, 0.25) is 0 Å². The Morgan fingerprint density at radius 2 is 1.71 bits per heavy atom. The zero-order valence-electron chi connectivity index (χ0n) is 19.6. The molecule has 2 aromatic carbocycles. The maximum Gasteiger partial charge on any atom is 0.261 e. The van der Waals surface area contributed by atoms with Gasteiger partial charge in [-0.05, 0) is 49.2 Å². The molecule has 2 heterocycles. The summed E-state index contributed by atoms with van der Waals surface area (Å²) in [5, 5.41) is 0.601. The summed E-state index contributed by atoms with van der Waals surface area (Å²) >= 11 is 0. The van der Waals surface area contributed by atoms with Crippen molar-refractivity contribution >= 4 is 26.8 Å². The van der Waals surface area contributed by atoms with Gasteiger partial charge in [0.2, 0.25) is 15.9 Å². The SMILES string of the molecule is COc1ccc(S(=O)(=O)N2CCN(C(=O)CCc3nc4ccccc4c(=O)n3C3CC3)CC2)cc1. The Labute approximate surface area is 204 Å². The molecule has 1 aliphatic heterocycles. The van der Waals surface area contributed by atoms with Crippen LogP contribution < -0.4 is 10.3 Å². The maximum absolute atomic E-state index is 13.0. The van der Waals surface area contributed by atoms with Crippen LogP contribution in [0.4, 0.5) is 0 Å². The van der Waals surface area contributed by atoms with Crippen LogP contribution in [0, 0.1) is 0 Å². The lowest BCUT2D eigenvalue weighted by Gasteiger charge is -2.34. The van der Waals surface area contributed by atoms with Gasteiger partial charge in [0.05, 0.1) is 22.9 Å². The lowest BCUT2D eigenvalue weighted by Crippen LogP contribution is -2.50. The van der Waals surface area contributed by atoms with E-state index in [1.807, 2.05) is 18.2 Å². The summed E-state index contributed by atoms with van der Waals surface area (Å²) in [5.74, 6) is 1.17. The van der Waals surface area contributed by atoms with Gasteiger partial charge >= 0.3 is 0 Å². The van der Waals surface area contributed by atoms with E-state index < -0.39 is 10.0 Å². The third kappa shape index (κ3) is 4.68. The molecule has 0 bridgehead atoms. The highest BCUT2D eigenvalue weighted by Crippen LogP contribution is 2.35. The zero-order chi connectivity index (χ0) is 24.6. The van der Waals surface area contributed by atoms with Crippen molar-refractivity contribution in [1.29, 1.82) is 0 Å². The largest absolute Gasteiger partial charge is 0.497 e. The van der Waals surface area contributed by atoms with Gasteiger partial charge in [0.25, 0.3) is 5.56 Å². The molecule has 0 unspecified atom stereocenters. The number of amides is 1. The molecule has 0 atom stereocenters. The molecule has 2 fully saturated rings. The van der Waals surface area contributed by atoms with Crippen LogP contribution in [0.3, 0.4) is 0 Å². The Kier molecular flexibility index (Phi) is 6.33. The molecule has 9 nitrogen and oxygen atoms in total. The fraction of sp³-hybridized carbons (Fsp3) is 0.400. The lowest BCUT2D eigenvalue weighted by atomic mass is 10.2. The molecule has 0 radical (unpaired) electrons. The summed E-state index contributed by atoms with van der Waals surface area (Å²) in [4.78, 5) is 32.6. The smallest absolute Gasteiger partial charge is 0.261 e. The first-order valence-corrected chi connectivity index (χ1v) is 13.2. The predicted molar refractivity (Wildman–Crippen MR) is 131 cm³/mol.